The number of aryl methyl sites for hydroxylation is 5. The third kappa shape index (κ3) is 18.9. The van der Waals surface area contributed by atoms with Crippen molar-refractivity contribution in [2.45, 2.75) is 47.5 Å². The van der Waals surface area contributed by atoms with Gasteiger partial charge in [0, 0.05) is 13.2 Å². The monoisotopic (exact) mass is 548 g/mol. The van der Waals surface area contributed by atoms with Crippen LogP contribution in [0.4, 0.5) is 0 Å². The summed E-state index contributed by atoms with van der Waals surface area (Å²) in [6.45, 7) is 10.7. The minimum Gasteiger partial charge on any atom is -0.396 e. The number of hydrogen-bond donors (Lipinski definition) is 2. The SMILES string of the molecule is Cc1ccc(CCO)cc1CCO.Cc1ccccc1.Cc1ccccc1.Cc1ccccc1.Cc1ccccc1. The molecule has 0 heterocycles. The summed E-state index contributed by atoms with van der Waals surface area (Å²) in [5, 5.41) is 17.6. The van der Waals surface area contributed by atoms with Crippen molar-refractivity contribution in [1.29, 1.82) is 0 Å². The summed E-state index contributed by atoms with van der Waals surface area (Å²) in [5.74, 6) is 0. The first-order valence-electron chi connectivity index (χ1n) is 14.2. The van der Waals surface area contributed by atoms with Gasteiger partial charge in [-0.1, -0.05) is 162 Å². The highest BCUT2D eigenvalue weighted by molar-refractivity contribution is 5.31. The molecule has 2 nitrogen and oxygen atoms in total. The second kappa shape index (κ2) is 22.8. The number of benzene rings is 5. The number of hydrogen-bond acceptors (Lipinski definition) is 2. The minimum atomic E-state index is 0.182. The summed E-state index contributed by atoms with van der Waals surface area (Å²) >= 11 is 0. The predicted octanol–water partition coefficient (Wildman–Crippen LogP) is 9.04. The summed E-state index contributed by atoms with van der Waals surface area (Å²) < 4.78 is 0. The zero-order chi connectivity index (χ0) is 30.1. The Kier molecular flexibility index (Phi) is 19.5. The van der Waals surface area contributed by atoms with Crippen LogP contribution in [0.15, 0.2) is 140 Å². The van der Waals surface area contributed by atoms with Gasteiger partial charge in [-0.2, -0.15) is 0 Å². The van der Waals surface area contributed by atoms with E-state index in [1.54, 1.807) is 0 Å². The summed E-state index contributed by atoms with van der Waals surface area (Å²) in [4.78, 5) is 0. The first kappa shape index (κ1) is 35.0. The lowest BCUT2D eigenvalue weighted by molar-refractivity contribution is 0.298. The fraction of sp³-hybridized carbons (Fsp3) is 0.231. The van der Waals surface area contributed by atoms with Gasteiger partial charge in [0.05, 0.1) is 0 Å². The van der Waals surface area contributed by atoms with E-state index in [4.69, 9.17) is 10.2 Å². The molecule has 2 N–H and O–H groups in total. The van der Waals surface area contributed by atoms with E-state index in [1.165, 1.54) is 33.4 Å². The lowest BCUT2D eigenvalue weighted by atomic mass is 10.0. The first-order chi connectivity index (χ1) is 19.8. The summed E-state index contributed by atoms with van der Waals surface area (Å²) in [6, 6.07) is 47.2. The standard InChI is InChI=1S/C11H16O2.4C7H8/c1-9-2-3-10(4-6-12)8-11(9)5-7-13;4*1-7-5-3-2-4-6-7/h2-3,8,12-13H,4-7H2,1H3;4*2-6H,1H3. The van der Waals surface area contributed by atoms with Gasteiger partial charge in [-0.15, -0.1) is 0 Å². The van der Waals surface area contributed by atoms with Crippen LogP contribution in [0.2, 0.25) is 0 Å². The molecule has 0 bridgehead atoms. The average molecular weight is 549 g/mol. The maximum atomic E-state index is 8.82. The third-order valence-electron chi connectivity index (χ3n) is 5.96. The second-order valence-corrected chi connectivity index (χ2v) is 9.83. The number of rotatable bonds is 4. The normalized spacial score (nSPS) is 9.24. The van der Waals surface area contributed by atoms with E-state index >= 15 is 0 Å². The Morgan fingerprint density at radius 1 is 0.390 bits per heavy atom. The van der Waals surface area contributed by atoms with Crippen molar-refractivity contribution in [3.05, 3.63) is 178 Å². The smallest absolute Gasteiger partial charge is 0.0471 e. The van der Waals surface area contributed by atoms with Crippen molar-refractivity contribution >= 4 is 0 Å². The van der Waals surface area contributed by atoms with Crippen molar-refractivity contribution in [2.24, 2.45) is 0 Å². The molecule has 41 heavy (non-hydrogen) atoms. The van der Waals surface area contributed by atoms with E-state index in [9.17, 15) is 0 Å². The highest BCUT2D eigenvalue weighted by atomic mass is 16.3. The molecule has 0 aromatic heterocycles. The van der Waals surface area contributed by atoms with E-state index in [1.807, 2.05) is 91.9 Å². The average Bonchev–Trinajstić information content (AvgIpc) is 2.98. The maximum Gasteiger partial charge on any atom is 0.0471 e. The Morgan fingerprint density at radius 2 is 0.707 bits per heavy atom. The van der Waals surface area contributed by atoms with E-state index in [0.717, 1.165) is 5.56 Å². The van der Waals surface area contributed by atoms with Crippen LogP contribution in [0.25, 0.3) is 0 Å². The van der Waals surface area contributed by atoms with Gasteiger partial charge in [0.2, 0.25) is 0 Å². The van der Waals surface area contributed by atoms with Crippen LogP contribution in [0.1, 0.15) is 38.9 Å². The van der Waals surface area contributed by atoms with Crippen molar-refractivity contribution in [3.63, 3.8) is 0 Å². The van der Waals surface area contributed by atoms with Crippen molar-refractivity contribution in [2.75, 3.05) is 13.2 Å². The Bertz CT molecular complexity index is 1120. The maximum absolute atomic E-state index is 8.82. The Balaban J connectivity index is 0.000000264. The van der Waals surface area contributed by atoms with Gasteiger partial charge in [0.1, 0.15) is 0 Å². The molecule has 5 aromatic rings. The molecule has 0 amide bonds. The Morgan fingerprint density at radius 3 is 0.951 bits per heavy atom. The number of aliphatic hydroxyl groups excluding tert-OH is 2. The van der Waals surface area contributed by atoms with Crippen molar-refractivity contribution < 1.29 is 10.2 Å². The van der Waals surface area contributed by atoms with E-state index in [0.29, 0.717) is 12.8 Å². The fourth-order valence-electron chi connectivity index (χ4n) is 3.54. The Hall–Kier alpha value is -3.98. The fourth-order valence-corrected chi connectivity index (χ4v) is 3.54. The van der Waals surface area contributed by atoms with E-state index < -0.39 is 0 Å². The topological polar surface area (TPSA) is 40.5 Å². The van der Waals surface area contributed by atoms with Gasteiger partial charge in [-0.25, -0.2) is 0 Å². The summed E-state index contributed by atoms with van der Waals surface area (Å²) in [7, 11) is 0. The van der Waals surface area contributed by atoms with Gasteiger partial charge < -0.3 is 10.2 Å². The molecular weight excluding hydrogens is 500 g/mol. The molecule has 0 saturated carbocycles. The molecule has 0 fully saturated rings. The van der Waals surface area contributed by atoms with Gasteiger partial charge in [0.25, 0.3) is 0 Å². The van der Waals surface area contributed by atoms with E-state index in [-0.39, 0.29) is 13.2 Å². The van der Waals surface area contributed by atoms with Crippen LogP contribution in [-0.2, 0) is 12.8 Å². The summed E-state index contributed by atoms with van der Waals surface area (Å²) in [5.41, 5.74) is 8.80. The molecule has 0 unspecified atom stereocenters. The molecule has 0 spiro atoms. The Labute approximate surface area is 249 Å². The second-order valence-electron chi connectivity index (χ2n) is 9.83. The van der Waals surface area contributed by atoms with Gasteiger partial charge >= 0.3 is 0 Å². The number of aliphatic hydroxyl groups is 2. The van der Waals surface area contributed by atoms with Crippen LogP contribution >= 0.6 is 0 Å². The van der Waals surface area contributed by atoms with Crippen molar-refractivity contribution in [3.8, 4) is 0 Å². The molecule has 5 aromatic carbocycles. The highest BCUT2D eigenvalue weighted by Gasteiger charge is 1.99. The van der Waals surface area contributed by atoms with Crippen LogP contribution in [0.5, 0.6) is 0 Å². The minimum absolute atomic E-state index is 0.182. The molecule has 0 aliphatic rings. The van der Waals surface area contributed by atoms with Crippen molar-refractivity contribution in [1.82, 2.24) is 0 Å². The van der Waals surface area contributed by atoms with Crippen LogP contribution < -0.4 is 0 Å². The molecule has 0 aliphatic carbocycles. The van der Waals surface area contributed by atoms with Crippen LogP contribution in [0, 0.1) is 34.6 Å². The molecule has 0 radical (unpaired) electrons. The van der Waals surface area contributed by atoms with Gasteiger partial charge in [-0.05, 0) is 64.2 Å². The van der Waals surface area contributed by atoms with E-state index in [2.05, 4.69) is 82.3 Å². The largest absolute Gasteiger partial charge is 0.396 e. The van der Waals surface area contributed by atoms with Crippen LogP contribution in [-0.4, -0.2) is 23.4 Å². The zero-order valence-electron chi connectivity index (χ0n) is 25.5. The molecule has 2 heteroatoms. The molecule has 0 aliphatic heterocycles. The third-order valence-corrected chi connectivity index (χ3v) is 5.96. The lowest BCUT2D eigenvalue weighted by Gasteiger charge is -2.06. The lowest BCUT2D eigenvalue weighted by Crippen LogP contribution is -1.97. The molecule has 216 valence electrons. The summed E-state index contributed by atoms with van der Waals surface area (Å²) in [6.07, 6.45) is 1.39. The van der Waals surface area contributed by atoms with Crippen LogP contribution in [0.3, 0.4) is 0 Å². The quantitative estimate of drug-likeness (QED) is 0.235. The van der Waals surface area contributed by atoms with Gasteiger partial charge in [-0.3, -0.25) is 0 Å². The molecule has 0 saturated heterocycles. The zero-order valence-corrected chi connectivity index (χ0v) is 25.5. The highest BCUT2D eigenvalue weighted by Crippen LogP contribution is 2.12. The molecule has 5 rings (SSSR count). The molecular formula is C39H48O2. The van der Waals surface area contributed by atoms with Gasteiger partial charge in [0.15, 0.2) is 0 Å². The first-order valence-corrected chi connectivity index (χ1v) is 14.2. The predicted molar refractivity (Wildman–Crippen MR) is 177 cm³/mol. The molecule has 0 atom stereocenters.